The Bertz CT molecular complexity index is 671. The van der Waals surface area contributed by atoms with E-state index in [4.69, 9.17) is 8.92 Å². The largest absolute Gasteiger partial charge is 0.490 e. The molecule has 0 heterocycles. The van der Waals surface area contributed by atoms with Gasteiger partial charge in [-0.1, -0.05) is 42.5 Å². The number of rotatable bonds is 7. The SMILES string of the molecule is O=S(=O)(Cc1ccccc1)OCCOc1ccccc1Br. The highest BCUT2D eigenvalue weighted by Gasteiger charge is 2.12. The van der Waals surface area contributed by atoms with E-state index < -0.39 is 10.1 Å². The van der Waals surface area contributed by atoms with Crippen molar-refractivity contribution >= 4 is 26.0 Å². The second-order valence-corrected chi connectivity index (χ2v) is 6.78. The van der Waals surface area contributed by atoms with E-state index >= 15 is 0 Å². The second kappa shape index (κ2) is 7.59. The van der Waals surface area contributed by atoms with Crippen LogP contribution in [-0.4, -0.2) is 21.6 Å². The first kappa shape index (κ1) is 16.0. The summed E-state index contributed by atoms with van der Waals surface area (Å²) in [6.45, 7) is 0.146. The topological polar surface area (TPSA) is 52.6 Å². The lowest BCUT2D eigenvalue weighted by Crippen LogP contribution is -2.14. The molecule has 0 saturated carbocycles. The minimum absolute atomic E-state index is 0.0174. The second-order valence-electron chi connectivity index (χ2n) is 4.29. The fourth-order valence-corrected chi connectivity index (χ4v) is 3.10. The monoisotopic (exact) mass is 370 g/mol. The lowest BCUT2D eigenvalue weighted by molar-refractivity contribution is 0.220. The van der Waals surface area contributed by atoms with Crippen molar-refractivity contribution in [2.75, 3.05) is 13.2 Å². The van der Waals surface area contributed by atoms with E-state index in [0.717, 1.165) is 4.47 Å². The minimum Gasteiger partial charge on any atom is -0.490 e. The minimum atomic E-state index is -3.59. The van der Waals surface area contributed by atoms with Crippen LogP contribution in [0.2, 0.25) is 0 Å². The van der Waals surface area contributed by atoms with E-state index in [1.165, 1.54) is 0 Å². The Labute approximate surface area is 133 Å². The molecule has 0 spiro atoms. The maximum absolute atomic E-state index is 11.8. The molecular formula is C15H15BrO4S. The first-order valence-corrected chi connectivity index (χ1v) is 8.72. The fourth-order valence-electron chi connectivity index (χ4n) is 1.69. The van der Waals surface area contributed by atoms with E-state index in [-0.39, 0.29) is 19.0 Å². The van der Waals surface area contributed by atoms with Crippen molar-refractivity contribution in [3.05, 3.63) is 64.6 Å². The van der Waals surface area contributed by atoms with Gasteiger partial charge in [0, 0.05) is 0 Å². The normalized spacial score (nSPS) is 11.3. The molecule has 0 fully saturated rings. The highest BCUT2D eigenvalue weighted by molar-refractivity contribution is 9.10. The Morgan fingerprint density at radius 3 is 2.29 bits per heavy atom. The summed E-state index contributed by atoms with van der Waals surface area (Å²) in [6, 6.07) is 16.3. The number of hydrogen-bond donors (Lipinski definition) is 0. The molecule has 0 bridgehead atoms. The van der Waals surface area contributed by atoms with Gasteiger partial charge in [0.2, 0.25) is 0 Å². The number of halogens is 1. The molecule has 0 aromatic heterocycles. The molecule has 2 aromatic rings. The van der Waals surface area contributed by atoms with Gasteiger partial charge in [-0.25, -0.2) is 0 Å². The molecule has 4 nitrogen and oxygen atoms in total. The maximum Gasteiger partial charge on any atom is 0.271 e. The number of hydrogen-bond acceptors (Lipinski definition) is 4. The standard InChI is InChI=1S/C15H15BrO4S/c16-14-8-4-5-9-15(14)19-10-11-20-21(17,18)12-13-6-2-1-3-7-13/h1-9H,10-12H2. The Balaban J connectivity index is 1.79. The Kier molecular flexibility index (Phi) is 5.78. The van der Waals surface area contributed by atoms with Crippen LogP contribution in [0, 0.1) is 0 Å². The summed E-state index contributed by atoms with van der Waals surface area (Å²) in [5.74, 6) is 0.518. The van der Waals surface area contributed by atoms with Gasteiger partial charge in [-0.3, -0.25) is 4.18 Å². The molecule has 0 unspecified atom stereocenters. The molecule has 0 saturated heterocycles. The molecule has 2 aromatic carbocycles. The summed E-state index contributed by atoms with van der Waals surface area (Å²) in [4.78, 5) is 0. The van der Waals surface area contributed by atoms with Crippen LogP contribution in [0.1, 0.15) is 5.56 Å². The summed E-state index contributed by atoms with van der Waals surface area (Å²) in [7, 11) is -3.59. The average Bonchev–Trinajstić information content (AvgIpc) is 2.46. The molecule has 0 radical (unpaired) electrons. The lowest BCUT2D eigenvalue weighted by Gasteiger charge is -2.09. The van der Waals surface area contributed by atoms with Crippen LogP contribution in [0.4, 0.5) is 0 Å². The zero-order valence-corrected chi connectivity index (χ0v) is 13.6. The van der Waals surface area contributed by atoms with Crippen LogP contribution in [0.15, 0.2) is 59.1 Å². The third-order valence-electron chi connectivity index (χ3n) is 2.63. The van der Waals surface area contributed by atoms with Gasteiger partial charge in [0.1, 0.15) is 24.7 Å². The zero-order valence-electron chi connectivity index (χ0n) is 11.2. The van der Waals surface area contributed by atoms with Crippen LogP contribution in [0.5, 0.6) is 5.75 Å². The van der Waals surface area contributed by atoms with Crippen molar-refractivity contribution < 1.29 is 17.3 Å². The lowest BCUT2D eigenvalue weighted by atomic mass is 10.2. The summed E-state index contributed by atoms with van der Waals surface area (Å²) in [5.41, 5.74) is 0.698. The molecule has 0 amide bonds. The van der Waals surface area contributed by atoms with Gasteiger partial charge in [0.05, 0.1) is 4.47 Å². The van der Waals surface area contributed by atoms with Crippen molar-refractivity contribution in [3.63, 3.8) is 0 Å². The first-order valence-electron chi connectivity index (χ1n) is 6.35. The third kappa shape index (κ3) is 5.49. The smallest absolute Gasteiger partial charge is 0.271 e. The quantitative estimate of drug-likeness (QED) is 0.553. The average molecular weight is 371 g/mol. The van der Waals surface area contributed by atoms with Gasteiger partial charge in [0.25, 0.3) is 10.1 Å². The maximum atomic E-state index is 11.8. The molecule has 6 heteroatoms. The highest BCUT2D eigenvalue weighted by atomic mass is 79.9. The van der Waals surface area contributed by atoms with Gasteiger partial charge in [0.15, 0.2) is 0 Å². The Hall–Kier alpha value is -1.37. The van der Waals surface area contributed by atoms with E-state index in [2.05, 4.69) is 15.9 Å². The van der Waals surface area contributed by atoms with Crippen LogP contribution in [0.25, 0.3) is 0 Å². The predicted octanol–water partition coefficient (Wildman–Crippen LogP) is 3.37. The van der Waals surface area contributed by atoms with Crippen molar-refractivity contribution in [1.82, 2.24) is 0 Å². The zero-order chi connectivity index (χ0) is 15.1. The van der Waals surface area contributed by atoms with Crippen LogP contribution < -0.4 is 4.74 Å². The Morgan fingerprint density at radius 2 is 1.57 bits per heavy atom. The van der Waals surface area contributed by atoms with Crippen LogP contribution in [-0.2, 0) is 20.1 Å². The first-order chi connectivity index (χ1) is 10.1. The van der Waals surface area contributed by atoms with Crippen molar-refractivity contribution in [3.8, 4) is 5.75 Å². The third-order valence-corrected chi connectivity index (χ3v) is 4.49. The Morgan fingerprint density at radius 1 is 0.905 bits per heavy atom. The van der Waals surface area contributed by atoms with Crippen molar-refractivity contribution in [1.29, 1.82) is 0 Å². The number of benzene rings is 2. The molecule has 0 aliphatic carbocycles. The summed E-state index contributed by atoms with van der Waals surface area (Å²) in [6.07, 6.45) is 0. The molecule has 2 rings (SSSR count). The summed E-state index contributed by atoms with van der Waals surface area (Å²) in [5, 5.41) is 0. The molecule has 0 atom stereocenters. The predicted molar refractivity (Wildman–Crippen MR) is 84.7 cm³/mol. The van der Waals surface area contributed by atoms with Crippen molar-refractivity contribution in [2.45, 2.75) is 5.75 Å². The number of ether oxygens (including phenoxy) is 1. The van der Waals surface area contributed by atoms with Crippen molar-refractivity contribution in [2.24, 2.45) is 0 Å². The van der Waals surface area contributed by atoms with Gasteiger partial charge < -0.3 is 4.74 Å². The van der Waals surface area contributed by atoms with Crippen LogP contribution in [0.3, 0.4) is 0 Å². The molecule has 0 aliphatic rings. The molecule has 21 heavy (non-hydrogen) atoms. The van der Waals surface area contributed by atoms with E-state index in [1.807, 2.05) is 24.3 Å². The van der Waals surface area contributed by atoms with E-state index in [9.17, 15) is 8.42 Å². The molecule has 0 aliphatic heterocycles. The van der Waals surface area contributed by atoms with Gasteiger partial charge in [-0.05, 0) is 33.6 Å². The highest BCUT2D eigenvalue weighted by Crippen LogP contribution is 2.23. The molecule has 0 N–H and O–H groups in total. The fraction of sp³-hybridized carbons (Fsp3) is 0.200. The van der Waals surface area contributed by atoms with Gasteiger partial charge in [-0.15, -0.1) is 0 Å². The van der Waals surface area contributed by atoms with E-state index in [1.54, 1.807) is 30.3 Å². The van der Waals surface area contributed by atoms with Gasteiger partial charge in [-0.2, -0.15) is 8.42 Å². The summed E-state index contributed by atoms with van der Waals surface area (Å²) >= 11 is 3.35. The van der Waals surface area contributed by atoms with Crippen LogP contribution >= 0.6 is 15.9 Å². The molecule has 112 valence electrons. The van der Waals surface area contributed by atoms with E-state index in [0.29, 0.717) is 11.3 Å². The van der Waals surface area contributed by atoms with Gasteiger partial charge >= 0.3 is 0 Å². The number of para-hydroxylation sites is 1. The summed E-state index contributed by atoms with van der Waals surface area (Å²) < 4.78 is 34.8. The molecular weight excluding hydrogens is 356 g/mol.